The maximum Gasteiger partial charge on any atom is 0.120 e. The number of carbonyl (C=O) groups is 1. The van der Waals surface area contributed by atoms with Gasteiger partial charge in [-0.3, -0.25) is 0 Å². The van der Waals surface area contributed by atoms with Crippen molar-refractivity contribution in [3.63, 3.8) is 0 Å². The highest BCUT2D eigenvalue weighted by atomic mass is 16.1. The summed E-state index contributed by atoms with van der Waals surface area (Å²) < 4.78 is 0. The second-order valence-electron chi connectivity index (χ2n) is 2.29. The summed E-state index contributed by atoms with van der Waals surface area (Å²) in [7, 11) is 0. The molecule has 0 amide bonds. The first-order valence-electron chi connectivity index (χ1n) is 2.75. The Kier molecular flexibility index (Phi) is 1.31. The molecule has 1 fully saturated rings. The summed E-state index contributed by atoms with van der Waals surface area (Å²) in [5.41, 5.74) is 5.94. The summed E-state index contributed by atoms with van der Waals surface area (Å²) in [6.07, 6.45) is 2.46. The summed E-state index contributed by atoms with van der Waals surface area (Å²) in [5.74, 6) is 0. The molecule has 0 radical (unpaired) electrons. The number of hydrogen-bond donors (Lipinski definition) is 2. The van der Waals surface area contributed by atoms with Crippen molar-refractivity contribution in [2.45, 2.75) is 25.4 Å². The van der Waals surface area contributed by atoms with E-state index >= 15 is 0 Å². The van der Waals surface area contributed by atoms with Gasteiger partial charge in [0.2, 0.25) is 0 Å². The standard InChI is InChI=1S/C5H10N2O/c1-5(6-7-5)3-2-4-8/h4,6-7H,2-3H2,1H3. The Bertz CT molecular complexity index is 98.6. The molecule has 0 aromatic rings. The first-order chi connectivity index (χ1) is 3.77. The molecule has 0 aromatic carbocycles. The van der Waals surface area contributed by atoms with Crippen LogP contribution in [0.1, 0.15) is 19.8 Å². The van der Waals surface area contributed by atoms with Crippen molar-refractivity contribution < 1.29 is 4.79 Å². The van der Waals surface area contributed by atoms with E-state index in [0.717, 1.165) is 12.7 Å². The van der Waals surface area contributed by atoms with Crippen LogP contribution < -0.4 is 10.9 Å². The third-order valence-electron chi connectivity index (χ3n) is 1.31. The Labute approximate surface area is 48.4 Å². The number of nitrogens with one attached hydrogen (secondary N) is 2. The second kappa shape index (κ2) is 1.84. The van der Waals surface area contributed by atoms with Crippen LogP contribution in [0, 0.1) is 0 Å². The van der Waals surface area contributed by atoms with Gasteiger partial charge in [-0.05, 0) is 13.3 Å². The first-order valence-corrected chi connectivity index (χ1v) is 2.75. The summed E-state index contributed by atoms with van der Waals surface area (Å²) in [6.45, 7) is 2.02. The van der Waals surface area contributed by atoms with Crippen LogP contribution in [0.2, 0.25) is 0 Å². The van der Waals surface area contributed by atoms with Crippen molar-refractivity contribution in [1.29, 1.82) is 0 Å². The Balaban J connectivity index is 2.09. The predicted molar refractivity (Wildman–Crippen MR) is 30.0 cm³/mol. The molecule has 0 aliphatic carbocycles. The molecular weight excluding hydrogens is 104 g/mol. The average molecular weight is 114 g/mol. The monoisotopic (exact) mass is 114 g/mol. The zero-order valence-corrected chi connectivity index (χ0v) is 4.90. The number of rotatable bonds is 3. The van der Waals surface area contributed by atoms with E-state index in [0.29, 0.717) is 6.42 Å². The molecule has 8 heavy (non-hydrogen) atoms. The van der Waals surface area contributed by atoms with Crippen molar-refractivity contribution >= 4 is 6.29 Å². The molecular formula is C5H10N2O. The van der Waals surface area contributed by atoms with Gasteiger partial charge in [0.05, 0.1) is 5.66 Å². The van der Waals surface area contributed by atoms with Crippen LogP contribution in [0.5, 0.6) is 0 Å². The topological polar surface area (TPSA) is 61.0 Å². The molecule has 0 atom stereocenters. The third-order valence-corrected chi connectivity index (χ3v) is 1.31. The molecule has 0 aromatic heterocycles. The Hall–Kier alpha value is -0.410. The van der Waals surface area contributed by atoms with Crippen LogP contribution in [0.15, 0.2) is 0 Å². The molecule has 1 heterocycles. The van der Waals surface area contributed by atoms with Gasteiger partial charge in [0, 0.05) is 6.42 Å². The highest BCUT2D eigenvalue weighted by molar-refractivity contribution is 5.49. The quantitative estimate of drug-likeness (QED) is 0.394. The van der Waals surface area contributed by atoms with Gasteiger partial charge in [0.15, 0.2) is 0 Å². The lowest BCUT2D eigenvalue weighted by Crippen LogP contribution is -2.10. The van der Waals surface area contributed by atoms with Crippen LogP contribution >= 0.6 is 0 Å². The molecule has 0 bridgehead atoms. The van der Waals surface area contributed by atoms with Crippen molar-refractivity contribution in [2.24, 2.45) is 0 Å². The van der Waals surface area contributed by atoms with Crippen LogP contribution in [-0.2, 0) is 4.79 Å². The summed E-state index contributed by atoms with van der Waals surface area (Å²) in [6, 6.07) is 0. The summed E-state index contributed by atoms with van der Waals surface area (Å²) in [4.78, 5) is 9.82. The molecule has 3 heteroatoms. The Morgan fingerprint density at radius 2 is 2.25 bits per heavy atom. The van der Waals surface area contributed by atoms with Gasteiger partial charge >= 0.3 is 0 Å². The molecule has 0 spiro atoms. The summed E-state index contributed by atoms with van der Waals surface area (Å²) in [5, 5.41) is 0. The van der Waals surface area contributed by atoms with Gasteiger partial charge in [-0.15, -0.1) is 0 Å². The van der Waals surface area contributed by atoms with E-state index in [9.17, 15) is 4.79 Å². The molecule has 46 valence electrons. The zero-order chi connectivity index (χ0) is 6.04. The smallest absolute Gasteiger partial charge is 0.120 e. The van der Waals surface area contributed by atoms with Crippen molar-refractivity contribution in [3.8, 4) is 0 Å². The van der Waals surface area contributed by atoms with Gasteiger partial charge in [-0.2, -0.15) is 0 Å². The van der Waals surface area contributed by atoms with E-state index in [4.69, 9.17) is 0 Å². The molecule has 1 aliphatic heterocycles. The molecule has 1 saturated heterocycles. The highest BCUT2D eigenvalue weighted by Gasteiger charge is 2.34. The molecule has 0 unspecified atom stereocenters. The molecule has 1 aliphatic rings. The number of carbonyl (C=O) groups excluding carboxylic acids is 1. The minimum atomic E-state index is 0.0703. The van der Waals surface area contributed by atoms with E-state index in [-0.39, 0.29) is 5.66 Å². The van der Waals surface area contributed by atoms with Crippen LogP contribution in [-0.4, -0.2) is 11.9 Å². The fraction of sp³-hybridized carbons (Fsp3) is 0.800. The third kappa shape index (κ3) is 1.28. The maximum atomic E-state index is 9.82. The van der Waals surface area contributed by atoms with E-state index in [1.165, 1.54) is 0 Å². The molecule has 2 N–H and O–H groups in total. The lowest BCUT2D eigenvalue weighted by molar-refractivity contribution is -0.108. The minimum Gasteiger partial charge on any atom is -0.303 e. The van der Waals surface area contributed by atoms with E-state index in [1.54, 1.807) is 0 Å². The average Bonchev–Trinajstić information content (AvgIpc) is 2.45. The van der Waals surface area contributed by atoms with E-state index < -0.39 is 0 Å². The van der Waals surface area contributed by atoms with Crippen LogP contribution in [0.25, 0.3) is 0 Å². The fourth-order valence-electron chi connectivity index (χ4n) is 0.579. The zero-order valence-electron chi connectivity index (χ0n) is 4.90. The number of hydrogen-bond acceptors (Lipinski definition) is 3. The Morgan fingerprint density at radius 1 is 1.62 bits per heavy atom. The maximum absolute atomic E-state index is 9.82. The van der Waals surface area contributed by atoms with Gasteiger partial charge in [-0.1, -0.05) is 0 Å². The van der Waals surface area contributed by atoms with Crippen molar-refractivity contribution in [2.75, 3.05) is 0 Å². The normalized spacial score (nSPS) is 22.6. The predicted octanol–water partition coefficient (Wildman–Crippen LogP) is -0.211. The fourth-order valence-corrected chi connectivity index (χ4v) is 0.579. The van der Waals surface area contributed by atoms with Gasteiger partial charge in [0.1, 0.15) is 6.29 Å². The number of hydrazine groups is 1. The lowest BCUT2D eigenvalue weighted by Gasteiger charge is -1.96. The van der Waals surface area contributed by atoms with E-state index in [1.807, 2.05) is 6.92 Å². The highest BCUT2D eigenvalue weighted by Crippen LogP contribution is 2.14. The lowest BCUT2D eigenvalue weighted by atomic mass is 10.1. The van der Waals surface area contributed by atoms with Gasteiger partial charge < -0.3 is 4.79 Å². The molecule has 0 saturated carbocycles. The SMILES string of the molecule is CC1(CCC=O)NN1. The first kappa shape index (κ1) is 5.72. The van der Waals surface area contributed by atoms with Crippen LogP contribution in [0.4, 0.5) is 0 Å². The summed E-state index contributed by atoms with van der Waals surface area (Å²) >= 11 is 0. The van der Waals surface area contributed by atoms with Crippen molar-refractivity contribution in [3.05, 3.63) is 0 Å². The molecule has 3 nitrogen and oxygen atoms in total. The largest absolute Gasteiger partial charge is 0.303 e. The second-order valence-corrected chi connectivity index (χ2v) is 2.29. The Morgan fingerprint density at radius 3 is 2.62 bits per heavy atom. The molecule has 1 rings (SSSR count). The van der Waals surface area contributed by atoms with Crippen molar-refractivity contribution in [1.82, 2.24) is 10.9 Å². The van der Waals surface area contributed by atoms with Gasteiger partial charge in [0.25, 0.3) is 0 Å². The van der Waals surface area contributed by atoms with E-state index in [2.05, 4.69) is 10.9 Å². The van der Waals surface area contributed by atoms with Gasteiger partial charge in [-0.25, -0.2) is 10.9 Å². The number of aldehydes is 1. The van der Waals surface area contributed by atoms with Crippen LogP contribution in [0.3, 0.4) is 0 Å². The minimum absolute atomic E-state index is 0.0703.